The minimum Gasteiger partial charge on any atom is -0.249 e. The Bertz CT molecular complexity index is 258. The maximum atomic E-state index is 4.02. The van der Waals surface area contributed by atoms with Gasteiger partial charge in [-0.25, -0.2) is 4.98 Å². The summed E-state index contributed by atoms with van der Waals surface area (Å²) in [7, 11) is 0. The van der Waals surface area contributed by atoms with Gasteiger partial charge in [0.25, 0.3) is 0 Å². The van der Waals surface area contributed by atoms with E-state index in [0.29, 0.717) is 0 Å². The largest absolute Gasteiger partial charge is 0.249 e. The summed E-state index contributed by atoms with van der Waals surface area (Å²) in [6.07, 6.45) is 5.86. The molecule has 0 unspecified atom stereocenters. The number of aromatic nitrogens is 1. The number of allylic oxidation sites excluding steroid dienone is 1. The molecular formula is C8H7Br2N. The Labute approximate surface area is 82.8 Å². The van der Waals surface area contributed by atoms with Crippen molar-refractivity contribution in [2.75, 3.05) is 5.33 Å². The van der Waals surface area contributed by atoms with E-state index in [-0.39, 0.29) is 0 Å². The normalized spacial score (nSPS) is 10.7. The first-order valence-electron chi connectivity index (χ1n) is 3.17. The Kier molecular flexibility index (Phi) is 3.80. The van der Waals surface area contributed by atoms with Crippen LogP contribution in [0.5, 0.6) is 0 Å². The van der Waals surface area contributed by atoms with Crippen LogP contribution in [0.25, 0.3) is 6.08 Å². The van der Waals surface area contributed by atoms with Crippen LogP contribution in [0.1, 0.15) is 5.56 Å². The van der Waals surface area contributed by atoms with Crippen molar-refractivity contribution < 1.29 is 0 Å². The van der Waals surface area contributed by atoms with Crippen molar-refractivity contribution in [1.82, 2.24) is 4.98 Å². The van der Waals surface area contributed by atoms with E-state index in [0.717, 1.165) is 15.5 Å². The highest BCUT2D eigenvalue weighted by molar-refractivity contribution is 9.10. The predicted molar refractivity (Wildman–Crippen MR) is 54.8 cm³/mol. The highest BCUT2D eigenvalue weighted by Gasteiger charge is 1.87. The van der Waals surface area contributed by atoms with Crippen LogP contribution in [0, 0.1) is 0 Å². The highest BCUT2D eigenvalue weighted by atomic mass is 79.9. The highest BCUT2D eigenvalue weighted by Crippen LogP contribution is 2.09. The summed E-state index contributed by atoms with van der Waals surface area (Å²) in [6, 6.07) is 3.93. The fraction of sp³-hybridized carbons (Fsp3) is 0.125. The Morgan fingerprint density at radius 1 is 1.55 bits per heavy atom. The third-order valence-corrected chi connectivity index (χ3v) is 1.96. The van der Waals surface area contributed by atoms with Gasteiger partial charge in [0.2, 0.25) is 0 Å². The zero-order valence-corrected chi connectivity index (χ0v) is 8.97. The van der Waals surface area contributed by atoms with Gasteiger partial charge in [-0.2, -0.15) is 0 Å². The summed E-state index contributed by atoms with van der Waals surface area (Å²) in [4.78, 5) is 4.02. The summed E-state index contributed by atoms with van der Waals surface area (Å²) >= 11 is 6.61. The lowest BCUT2D eigenvalue weighted by Crippen LogP contribution is -1.75. The molecule has 0 atom stereocenters. The second kappa shape index (κ2) is 4.67. The summed E-state index contributed by atoms with van der Waals surface area (Å²) in [5.74, 6) is 0. The molecule has 0 saturated carbocycles. The van der Waals surface area contributed by atoms with Gasteiger partial charge >= 0.3 is 0 Å². The monoisotopic (exact) mass is 275 g/mol. The minimum absolute atomic E-state index is 0.870. The maximum absolute atomic E-state index is 4.02. The molecule has 0 aromatic carbocycles. The minimum atomic E-state index is 0.870. The van der Waals surface area contributed by atoms with E-state index in [9.17, 15) is 0 Å². The first-order valence-corrected chi connectivity index (χ1v) is 5.08. The van der Waals surface area contributed by atoms with Gasteiger partial charge in [-0.3, -0.25) is 0 Å². The lowest BCUT2D eigenvalue weighted by atomic mass is 10.2. The van der Waals surface area contributed by atoms with E-state index in [1.165, 1.54) is 0 Å². The second-order valence-electron chi connectivity index (χ2n) is 1.97. The number of halogens is 2. The van der Waals surface area contributed by atoms with E-state index >= 15 is 0 Å². The molecule has 3 heteroatoms. The summed E-state index contributed by atoms with van der Waals surface area (Å²) in [5.41, 5.74) is 1.16. The van der Waals surface area contributed by atoms with Crippen molar-refractivity contribution in [3.8, 4) is 0 Å². The average molecular weight is 277 g/mol. The molecule has 1 rings (SSSR count). The SMILES string of the molecule is BrCC=Cc1ccnc(Br)c1. The molecule has 1 aromatic heterocycles. The molecule has 0 aliphatic heterocycles. The van der Waals surface area contributed by atoms with Gasteiger partial charge in [0.15, 0.2) is 0 Å². The van der Waals surface area contributed by atoms with Gasteiger partial charge in [-0.15, -0.1) is 0 Å². The summed E-state index contributed by atoms with van der Waals surface area (Å²) < 4.78 is 0.870. The lowest BCUT2D eigenvalue weighted by Gasteiger charge is -1.91. The molecule has 0 N–H and O–H groups in total. The van der Waals surface area contributed by atoms with Crippen molar-refractivity contribution in [2.45, 2.75) is 0 Å². The van der Waals surface area contributed by atoms with Gasteiger partial charge < -0.3 is 0 Å². The van der Waals surface area contributed by atoms with Crippen LogP contribution in [0.3, 0.4) is 0 Å². The second-order valence-corrected chi connectivity index (χ2v) is 3.43. The third-order valence-electron chi connectivity index (χ3n) is 1.15. The third kappa shape index (κ3) is 3.16. The molecule has 0 saturated heterocycles. The number of pyridine rings is 1. The molecule has 0 spiro atoms. The smallest absolute Gasteiger partial charge is 0.106 e. The van der Waals surface area contributed by atoms with Crippen LogP contribution in [-0.4, -0.2) is 10.3 Å². The fourth-order valence-corrected chi connectivity index (χ4v) is 1.27. The fourth-order valence-electron chi connectivity index (χ4n) is 0.702. The van der Waals surface area contributed by atoms with E-state index in [2.05, 4.69) is 36.8 Å². The quantitative estimate of drug-likeness (QED) is 0.597. The van der Waals surface area contributed by atoms with Gasteiger partial charge in [0, 0.05) is 11.5 Å². The molecule has 1 aromatic rings. The molecule has 0 fully saturated rings. The van der Waals surface area contributed by atoms with Gasteiger partial charge in [0.1, 0.15) is 4.60 Å². The van der Waals surface area contributed by atoms with Crippen LogP contribution >= 0.6 is 31.9 Å². The number of hydrogen-bond acceptors (Lipinski definition) is 1. The number of nitrogens with zero attached hydrogens (tertiary/aromatic N) is 1. The van der Waals surface area contributed by atoms with Crippen molar-refractivity contribution in [3.05, 3.63) is 34.6 Å². The Hall–Kier alpha value is -0.150. The molecule has 1 heterocycles. The first-order chi connectivity index (χ1) is 5.33. The molecule has 0 bridgehead atoms. The van der Waals surface area contributed by atoms with Crippen molar-refractivity contribution in [1.29, 1.82) is 0 Å². The molecule has 1 nitrogen and oxygen atoms in total. The van der Waals surface area contributed by atoms with Crippen molar-refractivity contribution in [3.63, 3.8) is 0 Å². The van der Waals surface area contributed by atoms with E-state index in [1.807, 2.05) is 24.3 Å². The molecular weight excluding hydrogens is 270 g/mol. The summed E-state index contributed by atoms with van der Waals surface area (Å²) in [6.45, 7) is 0. The Morgan fingerprint density at radius 2 is 2.36 bits per heavy atom. The summed E-state index contributed by atoms with van der Waals surface area (Å²) in [5, 5.41) is 0.882. The van der Waals surface area contributed by atoms with E-state index in [4.69, 9.17) is 0 Å². The van der Waals surface area contributed by atoms with Gasteiger partial charge in [-0.1, -0.05) is 28.1 Å². The van der Waals surface area contributed by atoms with Crippen LogP contribution < -0.4 is 0 Å². The molecule has 0 aliphatic rings. The van der Waals surface area contributed by atoms with Gasteiger partial charge in [0.05, 0.1) is 0 Å². The Balaban J connectivity index is 2.79. The lowest BCUT2D eigenvalue weighted by molar-refractivity contribution is 1.27. The van der Waals surface area contributed by atoms with Gasteiger partial charge in [-0.05, 0) is 33.6 Å². The van der Waals surface area contributed by atoms with Crippen LogP contribution in [-0.2, 0) is 0 Å². The van der Waals surface area contributed by atoms with Crippen molar-refractivity contribution >= 4 is 37.9 Å². The zero-order valence-electron chi connectivity index (χ0n) is 5.80. The number of alkyl halides is 1. The molecule has 11 heavy (non-hydrogen) atoms. The molecule has 0 amide bonds. The maximum Gasteiger partial charge on any atom is 0.106 e. The van der Waals surface area contributed by atoms with Crippen LogP contribution in [0.4, 0.5) is 0 Å². The van der Waals surface area contributed by atoms with E-state index < -0.39 is 0 Å². The Morgan fingerprint density at radius 3 is 3.00 bits per heavy atom. The zero-order chi connectivity index (χ0) is 8.10. The topological polar surface area (TPSA) is 12.9 Å². The molecule has 0 radical (unpaired) electrons. The van der Waals surface area contributed by atoms with Crippen LogP contribution in [0.2, 0.25) is 0 Å². The number of hydrogen-bond donors (Lipinski definition) is 0. The number of rotatable bonds is 2. The average Bonchev–Trinajstić information content (AvgIpc) is 2.01. The van der Waals surface area contributed by atoms with Crippen molar-refractivity contribution in [2.24, 2.45) is 0 Å². The standard InChI is InChI=1S/C8H7Br2N/c9-4-1-2-7-3-5-11-8(10)6-7/h1-3,5-6H,4H2. The van der Waals surface area contributed by atoms with E-state index in [1.54, 1.807) is 6.20 Å². The molecule has 58 valence electrons. The molecule has 0 aliphatic carbocycles. The predicted octanol–water partition coefficient (Wildman–Crippen LogP) is 3.25. The first kappa shape index (κ1) is 8.94. The van der Waals surface area contributed by atoms with Crippen LogP contribution in [0.15, 0.2) is 29.0 Å².